The second-order valence-corrected chi connectivity index (χ2v) is 5.82. The molecule has 0 aromatic heterocycles. The summed E-state index contributed by atoms with van der Waals surface area (Å²) in [5.74, 6) is 0.606. The number of hydrogen-bond donors (Lipinski definition) is 2. The summed E-state index contributed by atoms with van der Waals surface area (Å²) >= 11 is 0. The summed E-state index contributed by atoms with van der Waals surface area (Å²) in [6, 6.07) is 18.5. The number of para-hydroxylation sites is 1. The smallest absolute Gasteiger partial charge is 0.212 e. The zero-order valence-electron chi connectivity index (χ0n) is 13.7. The molecule has 0 aliphatic carbocycles. The summed E-state index contributed by atoms with van der Waals surface area (Å²) in [5, 5.41) is 15.4. The molecule has 3 rings (SSSR count). The Morgan fingerprint density at radius 3 is 2.71 bits per heavy atom. The highest BCUT2D eigenvalue weighted by Gasteiger charge is 2.23. The minimum absolute atomic E-state index is 0.225. The lowest BCUT2D eigenvalue weighted by atomic mass is 10.0. The molecule has 0 bridgehead atoms. The molecule has 1 heterocycles. The largest absolute Gasteiger partial charge is 0.339 e. The number of rotatable bonds is 2. The number of benzene rings is 2. The quantitative estimate of drug-likeness (QED) is 0.387. The Balaban J connectivity index is 1.83. The van der Waals surface area contributed by atoms with E-state index in [-0.39, 0.29) is 6.04 Å². The highest BCUT2D eigenvalue weighted by atomic mass is 15.3. The number of piperazine rings is 1. The summed E-state index contributed by atoms with van der Waals surface area (Å²) in [5.41, 5.74) is 3.21. The molecule has 0 spiro atoms. The van der Waals surface area contributed by atoms with Crippen LogP contribution in [0, 0.1) is 18.4 Å². The van der Waals surface area contributed by atoms with Gasteiger partial charge in [-0.25, -0.2) is 4.99 Å². The zero-order chi connectivity index (χ0) is 16.8. The van der Waals surface area contributed by atoms with Crippen LogP contribution >= 0.6 is 0 Å². The number of aliphatic imine (C=N–C) groups is 1. The van der Waals surface area contributed by atoms with E-state index < -0.39 is 0 Å². The number of guanidine groups is 1. The predicted molar refractivity (Wildman–Crippen MR) is 95.8 cm³/mol. The Hall–Kier alpha value is -2.84. The molecule has 24 heavy (non-hydrogen) atoms. The van der Waals surface area contributed by atoms with Gasteiger partial charge in [0.05, 0.1) is 5.69 Å². The summed E-state index contributed by atoms with van der Waals surface area (Å²) in [6.07, 6.45) is 2.02. The van der Waals surface area contributed by atoms with Gasteiger partial charge >= 0.3 is 0 Å². The van der Waals surface area contributed by atoms with E-state index in [9.17, 15) is 0 Å². The third kappa shape index (κ3) is 3.73. The van der Waals surface area contributed by atoms with Gasteiger partial charge in [0.15, 0.2) is 6.19 Å². The molecule has 1 fully saturated rings. The van der Waals surface area contributed by atoms with Gasteiger partial charge in [-0.15, -0.1) is 0 Å². The lowest BCUT2D eigenvalue weighted by molar-refractivity contribution is 0.290. The molecular formula is C19H21N5. The van der Waals surface area contributed by atoms with Crippen molar-refractivity contribution in [3.05, 3.63) is 65.7 Å². The summed E-state index contributed by atoms with van der Waals surface area (Å²) in [4.78, 5) is 6.81. The maximum Gasteiger partial charge on any atom is 0.212 e. The van der Waals surface area contributed by atoms with Crippen LogP contribution < -0.4 is 10.6 Å². The molecule has 0 amide bonds. The molecule has 5 nitrogen and oxygen atoms in total. The van der Waals surface area contributed by atoms with E-state index in [1.807, 2.05) is 55.6 Å². The lowest BCUT2D eigenvalue weighted by Gasteiger charge is -2.35. The molecule has 1 aliphatic rings. The van der Waals surface area contributed by atoms with Crippen LogP contribution in [0.1, 0.15) is 17.2 Å². The van der Waals surface area contributed by atoms with Crippen LogP contribution in [0.5, 0.6) is 0 Å². The van der Waals surface area contributed by atoms with E-state index in [2.05, 4.69) is 32.7 Å². The van der Waals surface area contributed by atoms with Crippen molar-refractivity contribution < 1.29 is 0 Å². The third-order valence-electron chi connectivity index (χ3n) is 4.19. The van der Waals surface area contributed by atoms with Gasteiger partial charge in [0.25, 0.3) is 0 Å². The van der Waals surface area contributed by atoms with Crippen molar-refractivity contribution in [3.8, 4) is 6.19 Å². The maximum absolute atomic E-state index is 9.11. The molecule has 0 radical (unpaired) electrons. The van der Waals surface area contributed by atoms with Gasteiger partial charge in [-0.1, -0.05) is 48.5 Å². The van der Waals surface area contributed by atoms with E-state index >= 15 is 0 Å². The number of hydrogen-bond acceptors (Lipinski definition) is 3. The molecule has 122 valence electrons. The topological polar surface area (TPSA) is 63.5 Å². The first-order valence-electron chi connectivity index (χ1n) is 8.10. The van der Waals surface area contributed by atoms with E-state index in [1.54, 1.807) is 0 Å². The van der Waals surface area contributed by atoms with Crippen molar-refractivity contribution in [2.75, 3.05) is 19.6 Å². The molecule has 0 unspecified atom stereocenters. The van der Waals surface area contributed by atoms with Crippen molar-refractivity contribution in [1.29, 1.82) is 5.26 Å². The number of nitriles is 1. The van der Waals surface area contributed by atoms with Gasteiger partial charge in [0.1, 0.15) is 0 Å². The molecule has 1 atom stereocenters. The highest BCUT2D eigenvalue weighted by molar-refractivity contribution is 5.84. The first-order valence-corrected chi connectivity index (χ1v) is 8.10. The fraction of sp³-hybridized carbons (Fsp3) is 0.263. The minimum Gasteiger partial charge on any atom is -0.339 e. The number of aryl methyl sites for hydroxylation is 1. The highest BCUT2D eigenvalue weighted by Crippen LogP contribution is 2.20. The SMILES string of the molecule is Cc1ccccc1N=C(NC#N)N1CCN[C@H](c2ccccc2)C1. The summed E-state index contributed by atoms with van der Waals surface area (Å²) in [6.45, 7) is 4.44. The molecular weight excluding hydrogens is 298 g/mol. The van der Waals surface area contributed by atoms with Crippen LogP contribution in [-0.2, 0) is 0 Å². The Kier molecular flexibility index (Phi) is 5.09. The van der Waals surface area contributed by atoms with Gasteiger partial charge < -0.3 is 10.2 Å². The summed E-state index contributed by atoms with van der Waals surface area (Å²) in [7, 11) is 0. The molecule has 2 N–H and O–H groups in total. The zero-order valence-corrected chi connectivity index (χ0v) is 13.7. The lowest BCUT2D eigenvalue weighted by Crippen LogP contribution is -2.51. The second-order valence-electron chi connectivity index (χ2n) is 5.82. The van der Waals surface area contributed by atoms with Crippen LogP contribution in [0.2, 0.25) is 0 Å². The average Bonchev–Trinajstić information content (AvgIpc) is 2.64. The van der Waals surface area contributed by atoms with Crippen molar-refractivity contribution in [2.24, 2.45) is 4.99 Å². The van der Waals surface area contributed by atoms with Crippen LogP contribution in [0.3, 0.4) is 0 Å². The number of nitrogens with zero attached hydrogens (tertiary/aromatic N) is 3. The van der Waals surface area contributed by atoms with Gasteiger partial charge in [0.2, 0.25) is 5.96 Å². The Morgan fingerprint density at radius 2 is 1.96 bits per heavy atom. The monoisotopic (exact) mass is 319 g/mol. The summed E-state index contributed by atoms with van der Waals surface area (Å²) < 4.78 is 0. The Bertz CT molecular complexity index is 748. The van der Waals surface area contributed by atoms with Gasteiger partial charge in [-0.3, -0.25) is 5.32 Å². The standard InChI is InChI=1S/C19H21N5/c1-15-7-5-6-10-17(15)23-19(22-14-20)24-12-11-21-18(13-24)16-8-3-2-4-9-16/h2-10,18,21H,11-13H2,1H3,(H,22,23)/t18-/m0/s1. The molecule has 1 aliphatic heterocycles. The Morgan fingerprint density at radius 1 is 1.21 bits per heavy atom. The van der Waals surface area contributed by atoms with E-state index in [1.165, 1.54) is 5.56 Å². The normalized spacial score (nSPS) is 18.1. The average molecular weight is 319 g/mol. The maximum atomic E-state index is 9.11. The number of nitrogens with one attached hydrogen (secondary N) is 2. The molecule has 2 aromatic carbocycles. The molecule has 0 saturated carbocycles. The van der Waals surface area contributed by atoms with Crippen molar-refractivity contribution in [3.63, 3.8) is 0 Å². The van der Waals surface area contributed by atoms with Gasteiger partial charge in [-0.05, 0) is 24.1 Å². The Labute approximate surface area is 142 Å². The van der Waals surface area contributed by atoms with Crippen LogP contribution in [-0.4, -0.2) is 30.5 Å². The first kappa shape index (κ1) is 16.0. The van der Waals surface area contributed by atoms with Crippen LogP contribution in [0.25, 0.3) is 0 Å². The molecule has 1 saturated heterocycles. The first-order chi connectivity index (χ1) is 11.8. The van der Waals surface area contributed by atoms with Crippen molar-refractivity contribution >= 4 is 11.6 Å². The van der Waals surface area contributed by atoms with E-state index in [0.717, 1.165) is 30.9 Å². The fourth-order valence-corrected chi connectivity index (χ4v) is 2.88. The predicted octanol–water partition coefficient (Wildman–Crippen LogP) is 2.70. The van der Waals surface area contributed by atoms with Gasteiger partial charge in [-0.2, -0.15) is 5.26 Å². The van der Waals surface area contributed by atoms with Crippen molar-refractivity contribution in [1.82, 2.24) is 15.5 Å². The second kappa shape index (κ2) is 7.62. The minimum atomic E-state index is 0.225. The van der Waals surface area contributed by atoms with E-state index in [4.69, 9.17) is 5.26 Å². The third-order valence-corrected chi connectivity index (χ3v) is 4.19. The van der Waals surface area contributed by atoms with Gasteiger partial charge in [0, 0.05) is 25.7 Å². The van der Waals surface area contributed by atoms with E-state index in [0.29, 0.717) is 5.96 Å². The fourth-order valence-electron chi connectivity index (χ4n) is 2.88. The molecule has 5 heteroatoms. The van der Waals surface area contributed by atoms with Crippen molar-refractivity contribution in [2.45, 2.75) is 13.0 Å². The van der Waals surface area contributed by atoms with Crippen LogP contribution in [0.4, 0.5) is 5.69 Å². The van der Waals surface area contributed by atoms with Crippen LogP contribution in [0.15, 0.2) is 59.6 Å². The molecule has 2 aromatic rings.